The lowest BCUT2D eigenvalue weighted by Gasteiger charge is -2.01. The van der Waals surface area contributed by atoms with E-state index in [9.17, 15) is 9.18 Å². The van der Waals surface area contributed by atoms with E-state index < -0.39 is 5.97 Å². The third kappa shape index (κ3) is 4.78. The minimum Gasteiger partial charge on any atom is -0.481 e. The maximum atomic E-state index is 13.4. The number of aliphatic carboxylic acids is 1. The van der Waals surface area contributed by atoms with Crippen molar-refractivity contribution in [3.63, 3.8) is 0 Å². The zero-order valence-corrected chi connectivity index (χ0v) is 9.74. The first-order chi connectivity index (χ1) is 8.13. The van der Waals surface area contributed by atoms with Crippen molar-refractivity contribution in [3.05, 3.63) is 41.2 Å². The van der Waals surface area contributed by atoms with Gasteiger partial charge in [-0.15, -0.1) is 0 Å². The average molecular weight is 237 g/mol. The van der Waals surface area contributed by atoms with E-state index in [2.05, 4.69) is 5.32 Å². The smallest absolute Gasteiger partial charge is 0.307 e. The standard InChI is InChI=1S/C13H16FNO2/c1-15-7-3-2-4-11-8-10(9-13(16)17)5-6-12(11)14/h2,4-6,8,15H,3,7,9H2,1H3,(H,16,17). The zero-order valence-electron chi connectivity index (χ0n) is 9.74. The number of halogens is 1. The van der Waals surface area contributed by atoms with Crippen molar-refractivity contribution in [1.29, 1.82) is 0 Å². The normalized spacial score (nSPS) is 10.9. The van der Waals surface area contributed by atoms with Gasteiger partial charge in [-0.2, -0.15) is 0 Å². The van der Waals surface area contributed by atoms with Gasteiger partial charge in [-0.3, -0.25) is 4.79 Å². The summed E-state index contributed by atoms with van der Waals surface area (Å²) in [6.07, 6.45) is 4.26. The summed E-state index contributed by atoms with van der Waals surface area (Å²) in [7, 11) is 1.85. The zero-order chi connectivity index (χ0) is 12.7. The largest absolute Gasteiger partial charge is 0.481 e. The Hall–Kier alpha value is -1.68. The van der Waals surface area contributed by atoms with Gasteiger partial charge >= 0.3 is 5.97 Å². The first-order valence-corrected chi connectivity index (χ1v) is 5.45. The predicted molar refractivity (Wildman–Crippen MR) is 65.3 cm³/mol. The van der Waals surface area contributed by atoms with Crippen molar-refractivity contribution < 1.29 is 14.3 Å². The summed E-state index contributed by atoms with van der Waals surface area (Å²) in [5.41, 5.74) is 1.03. The summed E-state index contributed by atoms with van der Waals surface area (Å²) in [6, 6.07) is 4.36. The quantitative estimate of drug-likeness (QED) is 0.745. The number of rotatable bonds is 6. The van der Waals surface area contributed by atoms with E-state index in [4.69, 9.17) is 5.11 Å². The van der Waals surface area contributed by atoms with E-state index in [0.29, 0.717) is 11.1 Å². The van der Waals surface area contributed by atoms with E-state index in [1.54, 1.807) is 12.1 Å². The predicted octanol–water partition coefficient (Wildman–Crippen LogP) is 2.08. The van der Waals surface area contributed by atoms with E-state index in [-0.39, 0.29) is 12.2 Å². The fraction of sp³-hybridized carbons (Fsp3) is 0.308. The lowest BCUT2D eigenvalue weighted by Crippen LogP contribution is -2.05. The molecule has 0 amide bonds. The van der Waals surface area contributed by atoms with Crippen molar-refractivity contribution in [2.45, 2.75) is 12.8 Å². The lowest BCUT2D eigenvalue weighted by atomic mass is 10.1. The molecule has 92 valence electrons. The topological polar surface area (TPSA) is 49.3 Å². The second kappa shape index (κ2) is 6.81. The number of nitrogens with one attached hydrogen (secondary N) is 1. The molecule has 1 aromatic rings. The van der Waals surface area contributed by atoms with Crippen LogP contribution >= 0.6 is 0 Å². The first-order valence-electron chi connectivity index (χ1n) is 5.45. The van der Waals surface area contributed by atoms with Crippen LogP contribution in [0.4, 0.5) is 4.39 Å². The van der Waals surface area contributed by atoms with Crippen molar-refractivity contribution in [1.82, 2.24) is 5.32 Å². The van der Waals surface area contributed by atoms with Gasteiger partial charge in [0.1, 0.15) is 5.82 Å². The van der Waals surface area contributed by atoms with Crippen LogP contribution in [0, 0.1) is 5.82 Å². The molecule has 0 aliphatic heterocycles. The van der Waals surface area contributed by atoms with Crippen molar-refractivity contribution >= 4 is 12.0 Å². The summed E-state index contributed by atoms with van der Waals surface area (Å²) in [6.45, 7) is 0.826. The minimum atomic E-state index is -0.915. The number of carboxylic acid groups (broad SMARTS) is 1. The molecule has 0 bridgehead atoms. The van der Waals surface area contributed by atoms with Crippen molar-refractivity contribution in [2.75, 3.05) is 13.6 Å². The van der Waals surface area contributed by atoms with E-state index in [1.165, 1.54) is 12.1 Å². The molecule has 1 rings (SSSR count). The molecule has 4 heteroatoms. The van der Waals surface area contributed by atoms with Gasteiger partial charge in [0, 0.05) is 5.56 Å². The van der Waals surface area contributed by atoms with Crippen LogP contribution in [0.25, 0.3) is 6.08 Å². The maximum Gasteiger partial charge on any atom is 0.307 e. The molecule has 0 spiro atoms. The molecule has 3 nitrogen and oxygen atoms in total. The number of benzene rings is 1. The Labute approximate surface area is 100.0 Å². The van der Waals surface area contributed by atoms with Crippen LogP contribution in [0.2, 0.25) is 0 Å². The van der Waals surface area contributed by atoms with Gasteiger partial charge in [0.15, 0.2) is 0 Å². The fourth-order valence-corrected chi connectivity index (χ4v) is 1.44. The Bertz CT molecular complexity index is 416. The van der Waals surface area contributed by atoms with Crippen LogP contribution in [0.1, 0.15) is 17.5 Å². The van der Waals surface area contributed by atoms with Crippen molar-refractivity contribution in [2.24, 2.45) is 0 Å². The Kier molecular flexibility index (Phi) is 5.36. The van der Waals surface area contributed by atoms with Gasteiger partial charge in [0.2, 0.25) is 0 Å². The third-order valence-corrected chi connectivity index (χ3v) is 2.27. The van der Waals surface area contributed by atoms with Gasteiger partial charge in [0.25, 0.3) is 0 Å². The fourth-order valence-electron chi connectivity index (χ4n) is 1.44. The molecule has 0 unspecified atom stereocenters. The van der Waals surface area contributed by atoms with E-state index >= 15 is 0 Å². The highest BCUT2D eigenvalue weighted by molar-refractivity contribution is 5.70. The molecule has 0 aliphatic carbocycles. The molecule has 0 aliphatic rings. The minimum absolute atomic E-state index is 0.0857. The lowest BCUT2D eigenvalue weighted by molar-refractivity contribution is -0.136. The molecule has 0 saturated carbocycles. The van der Waals surface area contributed by atoms with Crippen LogP contribution in [-0.4, -0.2) is 24.7 Å². The molecule has 2 N–H and O–H groups in total. The summed E-state index contributed by atoms with van der Waals surface area (Å²) < 4.78 is 13.4. The number of hydrogen-bond donors (Lipinski definition) is 2. The SMILES string of the molecule is CNCCC=Cc1cc(CC(=O)O)ccc1F. The average Bonchev–Trinajstić information content (AvgIpc) is 2.28. The van der Waals surface area contributed by atoms with Crippen LogP contribution in [0.3, 0.4) is 0 Å². The molecule has 0 radical (unpaired) electrons. The Morgan fingerprint density at radius 1 is 1.53 bits per heavy atom. The first kappa shape index (κ1) is 13.4. The molecule has 0 fully saturated rings. The van der Waals surface area contributed by atoms with Crippen LogP contribution < -0.4 is 5.32 Å². The Morgan fingerprint density at radius 3 is 2.94 bits per heavy atom. The van der Waals surface area contributed by atoms with Crippen LogP contribution in [-0.2, 0) is 11.2 Å². The van der Waals surface area contributed by atoms with Gasteiger partial charge in [-0.05, 0) is 37.7 Å². The van der Waals surface area contributed by atoms with Gasteiger partial charge in [-0.25, -0.2) is 4.39 Å². The molecule has 0 aromatic heterocycles. The van der Waals surface area contributed by atoms with Crippen molar-refractivity contribution in [3.8, 4) is 0 Å². The molecule has 0 saturated heterocycles. The Morgan fingerprint density at radius 2 is 2.29 bits per heavy atom. The molecule has 0 heterocycles. The molecule has 0 atom stereocenters. The number of carbonyl (C=O) groups is 1. The monoisotopic (exact) mass is 237 g/mol. The van der Waals surface area contributed by atoms with Crippen LogP contribution in [0.5, 0.6) is 0 Å². The maximum absolute atomic E-state index is 13.4. The number of carboxylic acids is 1. The highest BCUT2D eigenvalue weighted by atomic mass is 19.1. The number of hydrogen-bond acceptors (Lipinski definition) is 2. The summed E-state index contributed by atoms with van der Waals surface area (Å²) >= 11 is 0. The molecule has 1 aromatic carbocycles. The molecular formula is C13H16FNO2. The van der Waals surface area contributed by atoms with E-state index in [0.717, 1.165) is 13.0 Å². The van der Waals surface area contributed by atoms with E-state index in [1.807, 2.05) is 13.1 Å². The second-order valence-corrected chi connectivity index (χ2v) is 3.72. The summed E-state index contributed by atoms with van der Waals surface area (Å²) in [5.74, 6) is -1.25. The van der Waals surface area contributed by atoms with Gasteiger partial charge in [0.05, 0.1) is 6.42 Å². The summed E-state index contributed by atoms with van der Waals surface area (Å²) in [4.78, 5) is 10.5. The highest BCUT2D eigenvalue weighted by Crippen LogP contribution is 2.13. The molecular weight excluding hydrogens is 221 g/mol. The third-order valence-electron chi connectivity index (χ3n) is 2.27. The van der Waals surface area contributed by atoms with Gasteiger partial charge in [-0.1, -0.05) is 18.2 Å². The summed E-state index contributed by atoms with van der Waals surface area (Å²) in [5, 5.41) is 11.6. The Balaban J connectivity index is 2.75. The van der Waals surface area contributed by atoms with Crippen LogP contribution in [0.15, 0.2) is 24.3 Å². The molecule has 17 heavy (non-hydrogen) atoms. The second-order valence-electron chi connectivity index (χ2n) is 3.72. The van der Waals surface area contributed by atoms with Gasteiger partial charge < -0.3 is 10.4 Å². The highest BCUT2D eigenvalue weighted by Gasteiger charge is 2.04.